The molecule has 1 amide bonds. The highest BCUT2D eigenvalue weighted by atomic mass is 127. The van der Waals surface area contributed by atoms with Gasteiger partial charge in [0.05, 0.1) is 11.1 Å². The van der Waals surface area contributed by atoms with Gasteiger partial charge in [-0.1, -0.05) is 39.3 Å². The van der Waals surface area contributed by atoms with Gasteiger partial charge in [0, 0.05) is 8.45 Å². The number of nitriles is 1. The maximum Gasteiger partial charge on any atom is 0.257 e. The second-order valence-electron chi connectivity index (χ2n) is 7.54. The smallest absolute Gasteiger partial charge is 0.257 e. The Kier molecular flexibility index (Phi) is 5.73. The van der Waals surface area contributed by atoms with E-state index in [0.717, 1.165) is 34.8 Å². The standard InChI is InChI=1S/C21H23IN2OS/c1-4-21(2,3)13-9-10-14-16(12-23)20(26-18(14)11-13)24-19(25)15-7-5-6-8-17(15)22/h5-8,13H,4,9-11H2,1-3H3,(H,24,25)/t13-/m0/s1. The third kappa shape index (κ3) is 3.67. The fourth-order valence-corrected chi connectivity index (χ4v) is 5.47. The Morgan fingerprint density at radius 2 is 2.15 bits per heavy atom. The Hall–Kier alpha value is -1.39. The van der Waals surface area contributed by atoms with Crippen molar-refractivity contribution in [2.75, 3.05) is 5.32 Å². The summed E-state index contributed by atoms with van der Waals surface area (Å²) in [5.41, 5.74) is 2.77. The number of rotatable bonds is 4. The SMILES string of the molecule is CCC(C)(C)[C@H]1CCc2c(sc(NC(=O)c3ccccc3I)c2C#N)C1. The minimum Gasteiger partial charge on any atom is -0.312 e. The van der Waals surface area contributed by atoms with Crippen LogP contribution in [0.3, 0.4) is 0 Å². The molecule has 0 saturated heterocycles. The average molecular weight is 478 g/mol. The number of benzene rings is 1. The van der Waals surface area contributed by atoms with E-state index in [1.807, 2.05) is 24.3 Å². The largest absolute Gasteiger partial charge is 0.312 e. The third-order valence-electron chi connectivity index (χ3n) is 5.74. The Morgan fingerprint density at radius 1 is 1.42 bits per heavy atom. The summed E-state index contributed by atoms with van der Waals surface area (Å²) in [5.74, 6) is 0.486. The zero-order valence-corrected chi connectivity index (χ0v) is 18.3. The summed E-state index contributed by atoms with van der Waals surface area (Å²) >= 11 is 3.75. The molecule has 0 spiro atoms. The van der Waals surface area contributed by atoms with Crippen LogP contribution in [0.4, 0.5) is 5.00 Å². The van der Waals surface area contributed by atoms with Crippen LogP contribution in [-0.2, 0) is 12.8 Å². The van der Waals surface area contributed by atoms with Crippen molar-refractivity contribution in [1.29, 1.82) is 5.26 Å². The Bertz CT molecular complexity index is 879. The minimum absolute atomic E-state index is 0.143. The molecule has 0 saturated carbocycles. The molecule has 1 heterocycles. The first-order valence-electron chi connectivity index (χ1n) is 8.98. The Labute approximate surface area is 173 Å². The first-order chi connectivity index (χ1) is 12.4. The van der Waals surface area contributed by atoms with Crippen LogP contribution in [0.25, 0.3) is 0 Å². The van der Waals surface area contributed by atoms with Gasteiger partial charge in [-0.25, -0.2) is 0 Å². The van der Waals surface area contributed by atoms with Gasteiger partial charge in [-0.05, 0) is 70.9 Å². The molecule has 2 aromatic rings. The summed E-state index contributed by atoms with van der Waals surface area (Å²) in [7, 11) is 0. The van der Waals surface area contributed by atoms with Crippen molar-refractivity contribution in [3.8, 4) is 6.07 Å². The molecule has 0 aliphatic heterocycles. The molecule has 0 bridgehead atoms. The predicted molar refractivity (Wildman–Crippen MR) is 116 cm³/mol. The van der Waals surface area contributed by atoms with Crippen LogP contribution >= 0.6 is 33.9 Å². The van der Waals surface area contributed by atoms with E-state index in [4.69, 9.17) is 0 Å². The zero-order valence-electron chi connectivity index (χ0n) is 15.4. The summed E-state index contributed by atoms with van der Waals surface area (Å²) in [6.45, 7) is 6.92. The summed E-state index contributed by atoms with van der Waals surface area (Å²) in [6, 6.07) is 9.84. The van der Waals surface area contributed by atoms with Crippen molar-refractivity contribution in [3.63, 3.8) is 0 Å². The maximum atomic E-state index is 12.7. The van der Waals surface area contributed by atoms with Crippen molar-refractivity contribution < 1.29 is 4.79 Å². The van der Waals surface area contributed by atoms with E-state index in [0.29, 0.717) is 27.5 Å². The van der Waals surface area contributed by atoms with Gasteiger partial charge in [-0.2, -0.15) is 5.26 Å². The molecule has 1 aliphatic carbocycles. The highest BCUT2D eigenvalue weighted by Gasteiger charge is 2.34. The number of thiophene rings is 1. The lowest BCUT2D eigenvalue weighted by Gasteiger charge is -2.36. The van der Waals surface area contributed by atoms with Gasteiger partial charge in [0.15, 0.2) is 0 Å². The zero-order chi connectivity index (χ0) is 18.9. The van der Waals surface area contributed by atoms with Crippen molar-refractivity contribution in [1.82, 2.24) is 0 Å². The van der Waals surface area contributed by atoms with Crippen molar-refractivity contribution in [3.05, 3.63) is 49.4 Å². The number of carbonyl (C=O) groups is 1. The fraction of sp³-hybridized carbons (Fsp3) is 0.429. The lowest BCUT2D eigenvalue weighted by molar-refractivity contribution is 0.102. The van der Waals surface area contributed by atoms with Gasteiger partial charge in [0.1, 0.15) is 11.1 Å². The quantitative estimate of drug-likeness (QED) is 0.547. The number of hydrogen-bond donors (Lipinski definition) is 1. The maximum absolute atomic E-state index is 12.7. The summed E-state index contributed by atoms with van der Waals surface area (Å²) in [5, 5.41) is 13.4. The second-order valence-corrected chi connectivity index (χ2v) is 9.80. The summed E-state index contributed by atoms with van der Waals surface area (Å²) < 4.78 is 0.909. The molecule has 3 nitrogen and oxygen atoms in total. The molecule has 1 aromatic heterocycles. The number of nitrogens with one attached hydrogen (secondary N) is 1. The van der Waals surface area contributed by atoms with Crippen LogP contribution in [0, 0.1) is 26.2 Å². The monoisotopic (exact) mass is 478 g/mol. The first-order valence-corrected chi connectivity index (χ1v) is 10.9. The molecule has 26 heavy (non-hydrogen) atoms. The van der Waals surface area contributed by atoms with Crippen molar-refractivity contribution >= 4 is 44.8 Å². The highest BCUT2D eigenvalue weighted by Crippen LogP contribution is 2.45. The highest BCUT2D eigenvalue weighted by molar-refractivity contribution is 14.1. The first kappa shape index (κ1) is 19.4. The number of carbonyl (C=O) groups excluding carboxylic acids is 1. The molecule has 0 unspecified atom stereocenters. The van der Waals surface area contributed by atoms with E-state index in [9.17, 15) is 10.1 Å². The van der Waals surface area contributed by atoms with E-state index in [2.05, 4.69) is 54.7 Å². The van der Waals surface area contributed by atoms with E-state index < -0.39 is 0 Å². The number of amides is 1. The fourth-order valence-electron chi connectivity index (χ4n) is 3.56. The molecular weight excluding hydrogens is 455 g/mol. The number of anilines is 1. The van der Waals surface area contributed by atoms with Crippen LogP contribution in [0.1, 0.15) is 60.0 Å². The van der Waals surface area contributed by atoms with E-state index in [1.165, 1.54) is 4.88 Å². The molecule has 1 aromatic carbocycles. The van der Waals surface area contributed by atoms with Gasteiger partial charge in [-0.15, -0.1) is 11.3 Å². The number of halogens is 1. The van der Waals surface area contributed by atoms with Crippen LogP contribution in [0.5, 0.6) is 0 Å². The summed E-state index contributed by atoms with van der Waals surface area (Å²) in [6.07, 6.45) is 4.21. The predicted octanol–water partition coefficient (Wildman–Crippen LogP) is 6.02. The minimum atomic E-state index is -0.143. The number of fused-ring (bicyclic) bond motifs is 1. The van der Waals surface area contributed by atoms with Gasteiger partial charge < -0.3 is 5.32 Å². The molecule has 0 fully saturated rings. The van der Waals surface area contributed by atoms with Crippen LogP contribution < -0.4 is 5.32 Å². The van der Waals surface area contributed by atoms with Crippen LogP contribution in [0.15, 0.2) is 24.3 Å². The van der Waals surface area contributed by atoms with Crippen molar-refractivity contribution in [2.45, 2.75) is 46.5 Å². The van der Waals surface area contributed by atoms with E-state index in [1.54, 1.807) is 11.3 Å². The molecule has 1 aliphatic rings. The van der Waals surface area contributed by atoms with Gasteiger partial charge in [0.25, 0.3) is 5.91 Å². The lowest BCUT2D eigenvalue weighted by atomic mass is 9.69. The van der Waals surface area contributed by atoms with Crippen LogP contribution in [-0.4, -0.2) is 5.91 Å². The molecule has 1 atom stereocenters. The van der Waals surface area contributed by atoms with E-state index >= 15 is 0 Å². The average Bonchev–Trinajstić information content (AvgIpc) is 2.97. The molecule has 136 valence electrons. The third-order valence-corrected chi connectivity index (χ3v) is 7.85. The molecule has 3 rings (SSSR count). The molecule has 1 N–H and O–H groups in total. The van der Waals surface area contributed by atoms with Gasteiger partial charge >= 0.3 is 0 Å². The molecular formula is C21H23IN2OS. The summed E-state index contributed by atoms with van der Waals surface area (Å²) in [4.78, 5) is 13.9. The van der Waals surface area contributed by atoms with Gasteiger partial charge in [-0.3, -0.25) is 4.79 Å². The number of nitrogens with zero attached hydrogens (tertiary/aromatic N) is 1. The Balaban J connectivity index is 1.88. The Morgan fingerprint density at radius 3 is 2.81 bits per heavy atom. The molecule has 5 heteroatoms. The molecule has 0 radical (unpaired) electrons. The lowest BCUT2D eigenvalue weighted by Crippen LogP contribution is -2.28. The normalized spacial score (nSPS) is 16.7. The van der Waals surface area contributed by atoms with Crippen molar-refractivity contribution in [2.24, 2.45) is 11.3 Å². The number of hydrogen-bond acceptors (Lipinski definition) is 3. The second kappa shape index (κ2) is 7.69. The van der Waals surface area contributed by atoms with Crippen LogP contribution in [0.2, 0.25) is 0 Å². The van der Waals surface area contributed by atoms with Gasteiger partial charge in [0.2, 0.25) is 0 Å². The van der Waals surface area contributed by atoms with E-state index in [-0.39, 0.29) is 5.91 Å². The topological polar surface area (TPSA) is 52.9 Å².